The van der Waals surface area contributed by atoms with Crippen molar-refractivity contribution in [2.75, 3.05) is 11.1 Å². The molecule has 0 spiro atoms. The third-order valence-electron chi connectivity index (χ3n) is 7.13. The summed E-state index contributed by atoms with van der Waals surface area (Å²) in [4.78, 5) is 25.8. The molecule has 0 bridgehead atoms. The molecule has 0 saturated carbocycles. The van der Waals surface area contributed by atoms with Crippen LogP contribution < -0.4 is 11.1 Å². The first-order chi connectivity index (χ1) is 23.1. The zero-order valence-corrected chi connectivity index (χ0v) is 25.4. The molecule has 4 aromatic heterocycles. The van der Waals surface area contributed by atoms with Gasteiger partial charge in [0, 0.05) is 23.5 Å². The van der Waals surface area contributed by atoms with Crippen LogP contribution in [0.15, 0.2) is 67.5 Å². The summed E-state index contributed by atoms with van der Waals surface area (Å²) in [6, 6.07) is 10.8. The highest BCUT2D eigenvalue weighted by molar-refractivity contribution is 5.92. The molecule has 2 unspecified atom stereocenters. The topological polar surface area (TPSA) is 166 Å². The molecule has 0 saturated heterocycles. The van der Waals surface area contributed by atoms with Crippen molar-refractivity contribution in [1.82, 2.24) is 39.0 Å². The number of hydrogen-bond acceptors (Lipinski definition) is 10. The van der Waals surface area contributed by atoms with Gasteiger partial charge in [0.1, 0.15) is 29.8 Å². The Bertz CT molecular complexity index is 2340. The zero-order valence-electron chi connectivity index (χ0n) is 25.4. The molecule has 0 fully saturated rings. The van der Waals surface area contributed by atoms with Gasteiger partial charge in [0.25, 0.3) is 6.43 Å². The number of hydrogen-bond donors (Lipinski definition) is 4. The second-order valence-electron chi connectivity index (χ2n) is 11.0. The molecule has 0 aliphatic rings. The molecule has 2 atom stereocenters. The lowest BCUT2D eigenvalue weighted by Gasteiger charge is -2.19. The number of rotatable bonds is 5. The Kier molecular flexibility index (Phi) is 8.11. The highest BCUT2D eigenvalue weighted by atomic mass is 19.4. The maximum Gasteiger partial charge on any atom is 0.428 e. The minimum absolute atomic E-state index is 0.00575. The minimum Gasteiger partial charge on any atom is -0.372 e. The van der Waals surface area contributed by atoms with E-state index in [4.69, 9.17) is 5.73 Å². The molecule has 6 aromatic rings. The first kappa shape index (κ1) is 32.8. The number of benzene rings is 2. The van der Waals surface area contributed by atoms with Crippen LogP contribution in [0.3, 0.4) is 0 Å². The Hall–Kier alpha value is -6.17. The van der Waals surface area contributed by atoms with E-state index in [0.29, 0.717) is 46.3 Å². The first-order valence-electron chi connectivity index (χ1n) is 14.1. The largest absolute Gasteiger partial charge is 0.428 e. The molecule has 248 valence electrons. The number of imidazole rings is 2. The summed E-state index contributed by atoms with van der Waals surface area (Å²) in [5.41, 5.74) is 2.52. The number of alkyl halides is 5. The maximum absolute atomic E-state index is 13.3. The fourth-order valence-electron chi connectivity index (χ4n) is 4.41. The van der Waals surface area contributed by atoms with Gasteiger partial charge in [-0.1, -0.05) is 23.7 Å². The zero-order chi connectivity index (χ0) is 35.1. The summed E-state index contributed by atoms with van der Waals surface area (Å²) in [6.45, 7) is 1.47. The molecule has 5 N–H and O–H groups in total. The minimum atomic E-state index is -4.94. The number of nitrogens with one attached hydrogen (secondary N) is 1. The molecule has 4 heterocycles. The molecule has 0 radical (unpaired) electrons. The molecular formula is C32H23F5N10O2. The molecular weight excluding hydrogens is 651 g/mol. The Morgan fingerprint density at radius 1 is 0.796 bits per heavy atom. The van der Waals surface area contributed by atoms with Gasteiger partial charge in [-0.15, -0.1) is 0 Å². The van der Waals surface area contributed by atoms with E-state index in [9.17, 15) is 32.2 Å². The van der Waals surface area contributed by atoms with Crippen LogP contribution >= 0.6 is 0 Å². The number of aliphatic hydroxyl groups is 2. The highest BCUT2D eigenvalue weighted by Gasteiger charge is 2.49. The number of aromatic nitrogens is 8. The number of halogens is 5. The van der Waals surface area contributed by atoms with Crippen LogP contribution in [0, 0.1) is 23.7 Å². The van der Waals surface area contributed by atoms with Crippen molar-refractivity contribution in [1.29, 1.82) is 0 Å². The van der Waals surface area contributed by atoms with E-state index in [2.05, 4.69) is 53.0 Å². The second kappa shape index (κ2) is 12.1. The monoisotopic (exact) mass is 674 g/mol. The predicted octanol–water partition coefficient (Wildman–Crippen LogP) is 4.30. The van der Waals surface area contributed by atoms with Crippen molar-refractivity contribution in [3.05, 3.63) is 78.6 Å². The predicted molar refractivity (Wildman–Crippen MR) is 168 cm³/mol. The quantitative estimate of drug-likeness (QED) is 0.153. The lowest BCUT2D eigenvalue weighted by Crippen LogP contribution is -2.40. The summed E-state index contributed by atoms with van der Waals surface area (Å²) < 4.78 is 69.1. The summed E-state index contributed by atoms with van der Waals surface area (Å²) in [6.07, 6.45) is -2.24. The van der Waals surface area contributed by atoms with Crippen molar-refractivity contribution in [2.45, 2.75) is 37.7 Å². The third-order valence-corrected chi connectivity index (χ3v) is 7.13. The van der Waals surface area contributed by atoms with Crippen molar-refractivity contribution >= 4 is 39.7 Å². The highest BCUT2D eigenvalue weighted by Crippen LogP contribution is 2.30. The lowest BCUT2D eigenvalue weighted by atomic mass is 10.1. The van der Waals surface area contributed by atoms with Crippen molar-refractivity contribution < 1.29 is 32.2 Å². The summed E-state index contributed by atoms with van der Waals surface area (Å²) in [5.74, 6) is 9.76. The first-order valence-corrected chi connectivity index (χ1v) is 14.1. The number of nitrogens with zero attached hydrogens (tertiary/aromatic N) is 8. The standard InChI is InChI=1S/C32H23F5N10O2/c1-30(48,27(33)34)9-5-19-13-21(26-23(15-19)47(17-42-26)24-7-11-39-28(38)44-24)43-29-40-12-8-25(45-29)46-16-41-20-4-3-18(14-22(20)46)6-10-31(2,49)32(35,36)37/h3-4,7-8,11-17,27,48-49H,1-2H3,(H2,38,39,44)(H,40,43,45). The Balaban J connectivity index is 1.40. The van der Waals surface area contributed by atoms with Crippen molar-refractivity contribution in [3.8, 4) is 35.3 Å². The molecule has 49 heavy (non-hydrogen) atoms. The summed E-state index contributed by atoms with van der Waals surface area (Å²) in [7, 11) is 0. The van der Waals surface area contributed by atoms with E-state index in [0.717, 1.165) is 6.92 Å². The van der Waals surface area contributed by atoms with Gasteiger partial charge >= 0.3 is 6.18 Å². The molecule has 6 rings (SSSR count). The van der Waals surface area contributed by atoms with E-state index in [-0.39, 0.29) is 23.0 Å². The van der Waals surface area contributed by atoms with Crippen LogP contribution in [0.5, 0.6) is 0 Å². The van der Waals surface area contributed by atoms with Crippen LogP contribution in [-0.4, -0.2) is 73.1 Å². The summed E-state index contributed by atoms with van der Waals surface area (Å²) >= 11 is 0. The fourth-order valence-corrected chi connectivity index (χ4v) is 4.41. The Morgan fingerprint density at radius 3 is 2.16 bits per heavy atom. The van der Waals surface area contributed by atoms with E-state index >= 15 is 0 Å². The molecule has 0 aliphatic carbocycles. The second-order valence-corrected chi connectivity index (χ2v) is 11.0. The van der Waals surface area contributed by atoms with Crippen LogP contribution in [-0.2, 0) is 0 Å². The van der Waals surface area contributed by atoms with Crippen molar-refractivity contribution in [3.63, 3.8) is 0 Å². The SMILES string of the molecule is CC(O)(C#Cc1cc(Nc2nccc(-n3cnc4ccc(C#CC(C)(O)C(F)(F)F)cc43)n2)c2ncn(-c3ccnc(N)n3)c2c1)C(F)F. The Labute approximate surface area is 273 Å². The lowest BCUT2D eigenvalue weighted by molar-refractivity contribution is -0.228. The van der Waals surface area contributed by atoms with Crippen molar-refractivity contribution in [2.24, 2.45) is 0 Å². The van der Waals surface area contributed by atoms with Gasteiger partial charge in [0.05, 0.1) is 22.2 Å². The molecule has 17 heteroatoms. The van der Waals surface area contributed by atoms with Crippen LogP contribution in [0.25, 0.3) is 33.7 Å². The fraction of sp³-hybridized carbons (Fsp3) is 0.188. The summed E-state index contributed by atoms with van der Waals surface area (Å²) in [5, 5.41) is 22.8. The smallest absolute Gasteiger partial charge is 0.372 e. The van der Waals surface area contributed by atoms with Gasteiger partial charge in [-0.2, -0.15) is 23.1 Å². The third kappa shape index (κ3) is 6.66. The average molecular weight is 675 g/mol. The molecule has 0 aliphatic heterocycles. The van der Waals surface area contributed by atoms with Crippen LogP contribution in [0.4, 0.5) is 39.5 Å². The maximum atomic E-state index is 13.3. The average Bonchev–Trinajstić information content (AvgIpc) is 3.67. The molecule has 12 nitrogen and oxygen atoms in total. The molecule has 0 amide bonds. The number of anilines is 3. The van der Waals surface area contributed by atoms with Gasteiger partial charge in [0.2, 0.25) is 17.5 Å². The van der Waals surface area contributed by atoms with E-state index in [1.165, 1.54) is 43.2 Å². The van der Waals surface area contributed by atoms with E-state index in [1.54, 1.807) is 33.4 Å². The van der Waals surface area contributed by atoms with E-state index < -0.39 is 23.8 Å². The normalized spacial score (nSPS) is 14.1. The number of nitrogens with two attached hydrogens (primary N) is 1. The number of nitrogen functional groups attached to an aromatic ring is 1. The molecule has 2 aromatic carbocycles. The van der Waals surface area contributed by atoms with E-state index in [1.807, 2.05) is 5.92 Å². The number of fused-ring (bicyclic) bond motifs is 2. The van der Waals surface area contributed by atoms with Crippen LogP contribution in [0.2, 0.25) is 0 Å². The van der Waals surface area contributed by atoms with Gasteiger partial charge in [-0.3, -0.25) is 9.13 Å². The van der Waals surface area contributed by atoms with Gasteiger partial charge in [0.15, 0.2) is 5.60 Å². The van der Waals surface area contributed by atoms with Gasteiger partial charge < -0.3 is 21.3 Å². The van der Waals surface area contributed by atoms with Crippen LogP contribution in [0.1, 0.15) is 25.0 Å². The van der Waals surface area contributed by atoms with Gasteiger partial charge in [-0.05, 0) is 56.3 Å². The Morgan fingerprint density at radius 2 is 1.45 bits per heavy atom. The van der Waals surface area contributed by atoms with Gasteiger partial charge in [-0.25, -0.2) is 28.7 Å².